The van der Waals surface area contributed by atoms with Gasteiger partial charge in [-0.15, -0.1) is 0 Å². The molecule has 1 aromatic carbocycles. The summed E-state index contributed by atoms with van der Waals surface area (Å²) in [6.45, 7) is -2.39. The van der Waals surface area contributed by atoms with Crippen LogP contribution in [-0.4, -0.2) is 40.9 Å². The van der Waals surface area contributed by atoms with E-state index in [9.17, 15) is 22.8 Å². The van der Waals surface area contributed by atoms with E-state index in [1.54, 1.807) is 24.4 Å². The highest BCUT2D eigenvalue weighted by Gasteiger charge is 2.27. The summed E-state index contributed by atoms with van der Waals surface area (Å²) >= 11 is 0. The van der Waals surface area contributed by atoms with E-state index < -0.39 is 31.3 Å². The largest absolute Gasteiger partial charge is 0.480 e. The van der Waals surface area contributed by atoms with Crippen LogP contribution in [0.1, 0.15) is 0 Å². The normalized spacial score (nSPS) is 11.6. The van der Waals surface area contributed by atoms with Gasteiger partial charge in [0.1, 0.15) is 19.8 Å². The van der Waals surface area contributed by atoms with Crippen molar-refractivity contribution in [2.75, 3.05) is 18.5 Å². The van der Waals surface area contributed by atoms with E-state index in [0.29, 0.717) is 16.6 Å². The third-order valence-electron chi connectivity index (χ3n) is 2.86. The van der Waals surface area contributed by atoms with Crippen molar-refractivity contribution in [3.05, 3.63) is 30.5 Å². The number of aromatic nitrogens is 1. The molecule has 0 spiro atoms. The molecule has 1 heterocycles. The van der Waals surface area contributed by atoms with Gasteiger partial charge in [-0.2, -0.15) is 13.2 Å². The quantitative estimate of drug-likeness (QED) is 0.851. The van der Waals surface area contributed by atoms with Crippen molar-refractivity contribution in [2.45, 2.75) is 12.7 Å². The number of aliphatic carboxylic acids is 1. The molecule has 2 N–H and O–H groups in total. The highest BCUT2D eigenvalue weighted by molar-refractivity contribution is 5.94. The van der Waals surface area contributed by atoms with Crippen LogP contribution in [0.5, 0.6) is 0 Å². The van der Waals surface area contributed by atoms with Crippen LogP contribution < -0.4 is 5.32 Å². The summed E-state index contributed by atoms with van der Waals surface area (Å²) in [6, 6.07) is 6.41. The zero-order valence-corrected chi connectivity index (χ0v) is 11.8. The number of carboxylic acids is 1. The molecule has 1 amide bonds. The molecule has 6 nitrogen and oxygen atoms in total. The summed E-state index contributed by atoms with van der Waals surface area (Å²) in [5.41, 5.74) is 1.05. The minimum atomic E-state index is -4.48. The van der Waals surface area contributed by atoms with Gasteiger partial charge in [-0.1, -0.05) is 0 Å². The summed E-state index contributed by atoms with van der Waals surface area (Å²) in [5.74, 6) is -1.69. The number of anilines is 1. The van der Waals surface area contributed by atoms with E-state index in [-0.39, 0.29) is 6.54 Å². The molecule has 0 atom stereocenters. The summed E-state index contributed by atoms with van der Waals surface area (Å²) < 4.78 is 41.5. The molecule has 0 radical (unpaired) electrons. The molecule has 0 fully saturated rings. The maximum Gasteiger partial charge on any atom is 0.411 e. The predicted octanol–water partition coefficient (Wildman–Crippen LogP) is 2.24. The second-order valence-electron chi connectivity index (χ2n) is 4.77. The number of hydrogen-bond acceptors (Lipinski definition) is 3. The molecular formula is C14H13F3N2O4. The number of alkyl halides is 3. The van der Waals surface area contributed by atoms with E-state index in [0.717, 1.165) is 0 Å². The first-order valence-electron chi connectivity index (χ1n) is 6.49. The molecule has 2 rings (SSSR count). The van der Waals surface area contributed by atoms with E-state index in [2.05, 4.69) is 10.1 Å². The molecule has 124 valence electrons. The number of carbonyl (C=O) groups excluding carboxylic acids is 1. The Morgan fingerprint density at radius 1 is 1.26 bits per heavy atom. The summed E-state index contributed by atoms with van der Waals surface area (Å²) in [4.78, 5) is 22.2. The van der Waals surface area contributed by atoms with Crippen LogP contribution in [0.4, 0.5) is 18.9 Å². The number of amides is 1. The van der Waals surface area contributed by atoms with E-state index >= 15 is 0 Å². The van der Waals surface area contributed by atoms with E-state index in [1.165, 1.54) is 10.6 Å². The first-order chi connectivity index (χ1) is 10.7. The minimum Gasteiger partial charge on any atom is -0.480 e. The van der Waals surface area contributed by atoms with Gasteiger partial charge in [-0.25, -0.2) is 0 Å². The number of nitrogens with one attached hydrogen (secondary N) is 1. The zero-order valence-electron chi connectivity index (χ0n) is 11.8. The lowest BCUT2D eigenvalue weighted by Crippen LogP contribution is -2.23. The fraction of sp³-hybridized carbons (Fsp3) is 0.286. The number of halogens is 3. The van der Waals surface area contributed by atoms with E-state index in [1.807, 2.05) is 0 Å². The fourth-order valence-corrected chi connectivity index (χ4v) is 2.02. The Balaban J connectivity index is 1.98. The van der Waals surface area contributed by atoms with Gasteiger partial charge in [0.2, 0.25) is 5.91 Å². The Morgan fingerprint density at radius 2 is 2.00 bits per heavy atom. The Bertz CT molecular complexity index is 724. The number of carbonyl (C=O) groups is 2. The van der Waals surface area contributed by atoms with Crippen LogP contribution in [0, 0.1) is 0 Å². The molecule has 0 aliphatic heterocycles. The molecule has 0 saturated heterocycles. The lowest BCUT2D eigenvalue weighted by atomic mass is 10.2. The smallest absolute Gasteiger partial charge is 0.411 e. The Hall–Kier alpha value is -2.55. The highest BCUT2D eigenvalue weighted by Crippen LogP contribution is 2.20. The van der Waals surface area contributed by atoms with Crippen molar-refractivity contribution < 1.29 is 32.6 Å². The predicted molar refractivity (Wildman–Crippen MR) is 75.1 cm³/mol. The number of ether oxygens (including phenoxy) is 1. The summed E-state index contributed by atoms with van der Waals surface area (Å²) in [6.07, 6.45) is -2.89. The molecule has 1 aromatic heterocycles. The monoisotopic (exact) mass is 330 g/mol. The van der Waals surface area contributed by atoms with Crippen molar-refractivity contribution >= 4 is 28.5 Å². The fourth-order valence-electron chi connectivity index (χ4n) is 2.02. The van der Waals surface area contributed by atoms with Gasteiger partial charge in [-0.3, -0.25) is 9.59 Å². The highest BCUT2D eigenvalue weighted by atomic mass is 19.4. The third-order valence-corrected chi connectivity index (χ3v) is 2.86. The molecule has 0 bridgehead atoms. The Morgan fingerprint density at radius 3 is 2.65 bits per heavy atom. The second kappa shape index (κ2) is 6.69. The van der Waals surface area contributed by atoms with E-state index in [4.69, 9.17) is 5.11 Å². The number of carboxylic acid groups (broad SMARTS) is 1. The molecule has 0 aliphatic carbocycles. The molecule has 23 heavy (non-hydrogen) atoms. The van der Waals surface area contributed by atoms with Crippen LogP contribution in [0.2, 0.25) is 0 Å². The van der Waals surface area contributed by atoms with Gasteiger partial charge in [0.15, 0.2) is 0 Å². The molecular weight excluding hydrogens is 317 g/mol. The number of hydrogen-bond donors (Lipinski definition) is 2. The van der Waals surface area contributed by atoms with Crippen LogP contribution >= 0.6 is 0 Å². The van der Waals surface area contributed by atoms with Crippen molar-refractivity contribution in [3.8, 4) is 0 Å². The number of rotatable bonds is 6. The number of nitrogens with zero attached hydrogens (tertiary/aromatic N) is 1. The lowest BCUT2D eigenvalue weighted by molar-refractivity contribution is -0.174. The third kappa shape index (κ3) is 4.99. The first kappa shape index (κ1) is 16.8. The second-order valence-corrected chi connectivity index (χ2v) is 4.77. The van der Waals surface area contributed by atoms with Gasteiger partial charge in [0.25, 0.3) is 0 Å². The Labute approximate surface area is 128 Å². The maximum absolute atomic E-state index is 11.9. The first-order valence-corrected chi connectivity index (χ1v) is 6.49. The summed E-state index contributed by atoms with van der Waals surface area (Å²) in [7, 11) is 0. The van der Waals surface area contributed by atoms with Crippen molar-refractivity contribution in [3.63, 3.8) is 0 Å². The van der Waals surface area contributed by atoms with Gasteiger partial charge in [0, 0.05) is 22.8 Å². The van der Waals surface area contributed by atoms with Crippen LogP contribution in [0.25, 0.3) is 10.9 Å². The van der Waals surface area contributed by atoms with Gasteiger partial charge in [0.05, 0.1) is 0 Å². The SMILES string of the molecule is O=C(O)Cn1ccc2cc(NC(=O)COCC(F)(F)F)ccc21. The van der Waals surface area contributed by atoms with Crippen molar-refractivity contribution in [2.24, 2.45) is 0 Å². The number of fused-ring (bicyclic) bond motifs is 1. The Kier molecular flexibility index (Phi) is 4.89. The average Bonchev–Trinajstić information content (AvgIpc) is 2.79. The van der Waals surface area contributed by atoms with Gasteiger partial charge < -0.3 is 19.7 Å². The lowest BCUT2D eigenvalue weighted by Gasteiger charge is -2.09. The maximum atomic E-state index is 11.9. The minimum absolute atomic E-state index is 0.194. The molecule has 2 aromatic rings. The van der Waals surface area contributed by atoms with Crippen molar-refractivity contribution in [1.29, 1.82) is 0 Å². The molecule has 9 heteroatoms. The van der Waals surface area contributed by atoms with Crippen LogP contribution in [0.3, 0.4) is 0 Å². The molecule has 0 aliphatic rings. The number of benzene rings is 1. The average molecular weight is 330 g/mol. The standard InChI is InChI=1S/C14H13F3N2O4/c15-14(16,17)8-23-7-12(20)18-10-1-2-11-9(5-10)3-4-19(11)6-13(21)22/h1-5H,6-8H2,(H,18,20)(H,21,22). The molecule has 0 unspecified atom stereocenters. The van der Waals surface area contributed by atoms with Gasteiger partial charge >= 0.3 is 12.1 Å². The zero-order chi connectivity index (χ0) is 17.0. The molecule has 0 saturated carbocycles. The topological polar surface area (TPSA) is 80.6 Å². The van der Waals surface area contributed by atoms with Crippen LogP contribution in [0.15, 0.2) is 30.5 Å². The van der Waals surface area contributed by atoms with Gasteiger partial charge in [-0.05, 0) is 24.3 Å². The van der Waals surface area contributed by atoms with Crippen molar-refractivity contribution in [1.82, 2.24) is 4.57 Å². The summed E-state index contributed by atoms with van der Waals surface area (Å²) in [5, 5.41) is 11.9. The van der Waals surface area contributed by atoms with Crippen LogP contribution in [-0.2, 0) is 20.9 Å².